The summed E-state index contributed by atoms with van der Waals surface area (Å²) in [5, 5.41) is 6.63. The van der Waals surface area contributed by atoms with Crippen molar-refractivity contribution in [1.29, 1.82) is 0 Å². The van der Waals surface area contributed by atoms with E-state index in [-0.39, 0.29) is 5.78 Å². The summed E-state index contributed by atoms with van der Waals surface area (Å²) in [5.41, 5.74) is 3.85. The van der Waals surface area contributed by atoms with Crippen molar-refractivity contribution in [3.8, 4) is 22.6 Å². The molecule has 0 fully saturated rings. The molecule has 0 bridgehead atoms. The van der Waals surface area contributed by atoms with Gasteiger partial charge >= 0.3 is 0 Å². The topological polar surface area (TPSA) is 59.6 Å². The predicted octanol–water partition coefficient (Wildman–Crippen LogP) is 3.85. The zero-order chi connectivity index (χ0) is 20.5. The van der Waals surface area contributed by atoms with Crippen molar-refractivity contribution in [3.05, 3.63) is 47.5 Å². The minimum Gasteiger partial charge on any atom is -0.492 e. The number of benzene rings is 2. The number of hydrogen-bond donors (Lipinski definition) is 2. The Balaban J connectivity index is 1.65. The molecule has 2 N–H and O–H groups in total. The van der Waals surface area contributed by atoms with Gasteiger partial charge in [0.15, 0.2) is 5.78 Å². The van der Waals surface area contributed by atoms with Crippen LogP contribution in [0.1, 0.15) is 42.6 Å². The zero-order valence-electron chi connectivity index (χ0n) is 17.6. The monoisotopic (exact) mass is 396 g/mol. The second-order valence-electron chi connectivity index (χ2n) is 7.32. The summed E-state index contributed by atoms with van der Waals surface area (Å²) in [6.07, 6.45) is 2.62. The number of fused-ring (bicyclic) bond motifs is 3. The van der Waals surface area contributed by atoms with Crippen molar-refractivity contribution in [2.45, 2.75) is 33.1 Å². The third-order valence-corrected chi connectivity index (χ3v) is 4.96. The van der Waals surface area contributed by atoms with Gasteiger partial charge in [0.2, 0.25) is 0 Å². The molecule has 2 aromatic rings. The number of ketones is 1. The van der Waals surface area contributed by atoms with Crippen molar-refractivity contribution in [2.75, 3.05) is 39.4 Å². The van der Waals surface area contributed by atoms with Crippen molar-refractivity contribution in [2.24, 2.45) is 0 Å². The Morgan fingerprint density at radius 1 is 0.759 bits per heavy atom. The fraction of sp³-hybridized carbons (Fsp3) is 0.458. The minimum atomic E-state index is 0.129. The van der Waals surface area contributed by atoms with E-state index in [0.29, 0.717) is 19.6 Å². The number of nitrogens with one attached hydrogen (secondary N) is 2. The second-order valence-corrected chi connectivity index (χ2v) is 7.32. The third-order valence-electron chi connectivity index (χ3n) is 4.96. The molecule has 0 saturated carbocycles. The van der Waals surface area contributed by atoms with Crippen LogP contribution in [0.5, 0.6) is 11.5 Å². The Bertz CT molecular complexity index is 820. The normalized spacial score (nSPS) is 12.4. The Morgan fingerprint density at radius 2 is 1.34 bits per heavy atom. The molecule has 0 aromatic heterocycles. The molecule has 156 valence electrons. The van der Waals surface area contributed by atoms with E-state index < -0.39 is 0 Å². The highest BCUT2D eigenvalue weighted by atomic mass is 16.5. The van der Waals surface area contributed by atoms with Crippen LogP contribution in [0.25, 0.3) is 11.1 Å². The first kappa shape index (κ1) is 21.3. The van der Waals surface area contributed by atoms with E-state index in [9.17, 15) is 4.79 Å². The molecule has 0 aliphatic heterocycles. The standard InChI is InChI=1S/C24H32N2O3/c1-3-9-25-11-13-28-19-5-7-21-18(15-19)16-24(27)23-17-20(6-8-22(21)23)29-14-12-26-10-4-2/h5-8,15,17,25-26H,3-4,9-14,16H2,1-2H3. The molecular weight excluding hydrogens is 364 g/mol. The first-order chi connectivity index (χ1) is 14.2. The highest BCUT2D eigenvalue weighted by molar-refractivity contribution is 6.07. The largest absolute Gasteiger partial charge is 0.492 e. The van der Waals surface area contributed by atoms with E-state index in [4.69, 9.17) is 9.47 Å². The van der Waals surface area contributed by atoms with Gasteiger partial charge in [-0.15, -0.1) is 0 Å². The SMILES string of the molecule is CCCNCCOc1ccc2c(c1)CC(=O)c1cc(OCCNCCC)ccc1-2. The van der Waals surface area contributed by atoms with Gasteiger partial charge in [-0.25, -0.2) is 0 Å². The van der Waals surface area contributed by atoms with Gasteiger partial charge in [-0.2, -0.15) is 0 Å². The quantitative estimate of drug-likeness (QED) is 0.534. The van der Waals surface area contributed by atoms with Crippen molar-refractivity contribution in [3.63, 3.8) is 0 Å². The number of carbonyl (C=O) groups is 1. The lowest BCUT2D eigenvalue weighted by Crippen LogP contribution is -2.22. The van der Waals surface area contributed by atoms with Crippen LogP contribution in [0.3, 0.4) is 0 Å². The van der Waals surface area contributed by atoms with Crippen LogP contribution < -0.4 is 20.1 Å². The van der Waals surface area contributed by atoms with Crippen molar-refractivity contribution < 1.29 is 14.3 Å². The van der Waals surface area contributed by atoms with Gasteiger partial charge < -0.3 is 20.1 Å². The van der Waals surface area contributed by atoms with E-state index in [1.54, 1.807) is 0 Å². The molecular formula is C24H32N2O3. The van der Waals surface area contributed by atoms with Crippen LogP contribution in [0.4, 0.5) is 0 Å². The number of rotatable bonds is 12. The molecule has 0 heterocycles. The summed E-state index contributed by atoms with van der Waals surface area (Å²) in [6.45, 7) is 9.12. The zero-order valence-corrected chi connectivity index (χ0v) is 17.6. The lowest BCUT2D eigenvalue weighted by atomic mass is 9.84. The van der Waals surface area contributed by atoms with Crippen LogP contribution in [0, 0.1) is 0 Å². The second kappa shape index (κ2) is 11.0. The van der Waals surface area contributed by atoms with Gasteiger partial charge in [0.25, 0.3) is 0 Å². The van der Waals surface area contributed by atoms with Gasteiger partial charge in [-0.3, -0.25) is 4.79 Å². The first-order valence-electron chi connectivity index (χ1n) is 10.7. The average Bonchev–Trinajstić information content (AvgIpc) is 2.73. The number of Topliss-reactive ketones (excluding diaryl/α,β-unsaturated/α-hetero) is 1. The molecule has 0 amide bonds. The summed E-state index contributed by atoms with van der Waals surface area (Å²) >= 11 is 0. The fourth-order valence-electron chi connectivity index (χ4n) is 3.50. The molecule has 5 heteroatoms. The van der Waals surface area contributed by atoms with Crippen LogP contribution in [0.2, 0.25) is 0 Å². The average molecular weight is 397 g/mol. The maximum absolute atomic E-state index is 12.7. The summed E-state index contributed by atoms with van der Waals surface area (Å²) < 4.78 is 11.6. The molecule has 2 aromatic carbocycles. The van der Waals surface area contributed by atoms with Crippen LogP contribution >= 0.6 is 0 Å². The van der Waals surface area contributed by atoms with E-state index >= 15 is 0 Å². The number of hydrogen-bond acceptors (Lipinski definition) is 5. The molecule has 29 heavy (non-hydrogen) atoms. The minimum absolute atomic E-state index is 0.129. The Hall–Kier alpha value is -2.37. The van der Waals surface area contributed by atoms with Gasteiger partial charge in [0.1, 0.15) is 24.7 Å². The van der Waals surface area contributed by atoms with E-state index in [1.165, 1.54) is 0 Å². The number of ether oxygens (including phenoxy) is 2. The fourth-order valence-corrected chi connectivity index (χ4v) is 3.50. The molecule has 3 rings (SSSR count). The Kier molecular flexibility index (Phi) is 8.08. The highest BCUT2D eigenvalue weighted by Gasteiger charge is 2.23. The van der Waals surface area contributed by atoms with Gasteiger partial charge in [-0.05, 0) is 73.0 Å². The molecule has 5 nitrogen and oxygen atoms in total. The Labute approximate surface area is 173 Å². The Morgan fingerprint density at radius 3 is 1.97 bits per heavy atom. The van der Waals surface area contributed by atoms with E-state index in [0.717, 1.165) is 72.8 Å². The molecule has 0 saturated heterocycles. The third kappa shape index (κ3) is 5.81. The number of carbonyl (C=O) groups excluding carboxylic acids is 1. The van der Waals surface area contributed by atoms with Gasteiger partial charge in [0.05, 0.1) is 0 Å². The van der Waals surface area contributed by atoms with Gasteiger partial charge in [0, 0.05) is 25.1 Å². The first-order valence-corrected chi connectivity index (χ1v) is 10.7. The highest BCUT2D eigenvalue weighted by Crippen LogP contribution is 2.37. The van der Waals surface area contributed by atoms with E-state index in [1.807, 2.05) is 30.3 Å². The maximum Gasteiger partial charge on any atom is 0.168 e. The van der Waals surface area contributed by atoms with Crippen LogP contribution in [0.15, 0.2) is 36.4 Å². The smallest absolute Gasteiger partial charge is 0.168 e. The lowest BCUT2D eigenvalue weighted by Gasteiger charge is -2.21. The molecule has 1 aliphatic carbocycles. The van der Waals surface area contributed by atoms with Crippen molar-refractivity contribution >= 4 is 5.78 Å². The summed E-state index contributed by atoms with van der Waals surface area (Å²) in [4.78, 5) is 12.7. The van der Waals surface area contributed by atoms with Crippen LogP contribution in [-0.2, 0) is 6.42 Å². The van der Waals surface area contributed by atoms with Crippen molar-refractivity contribution in [1.82, 2.24) is 10.6 Å². The van der Waals surface area contributed by atoms with Gasteiger partial charge in [-0.1, -0.05) is 19.9 Å². The molecule has 0 spiro atoms. The molecule has 0 radical (unpaired) electrons. The van der Waals surface area contributed by atoms with E-state index in [2.05, 4.69) is 30.5 Å². The van der Waals surface area contributed by atoms with Crippen LogP contribution in [-0.4, -0.2) is 45.2 Å². The lowest BCUT2D eigenvalue weighted by molar-refractivity contribution is 0.0991. The molecule has 0 unspecified atom stereocenters. The molecule has 0 atom stereocenters. The maximum atomic E-state index is 12.7. The summed E-state index contributed by atoms with van der Waals surface area (Å²) in [7, 11) is 0. The predicted molar refractivity (Wildman–Crippen MR) is 117 cm³/mol. The summed E-state index contributed by atoms with van der Waals surface area (Å²) in [5.74, 6) is 1.69. The summed E-state index contributed by atoms with van der Waals surface area (Å²) in [6, 6.07) is 11.9. The molecule has 1 aliphatic rings.